The van der Waals surface area contributed by atoms with Crippen LogP contribution in [0.15, 0.2) is 77.9 Å². The van der Waals surface area contributed by atoms with Crippen molar-refractivity contribution in [3.63, 3.8) is 0 Å². The van der Waals surface area contributed by atoms with Crippen LogP contribution in [0.25, 0.3) is 5.69 Å². The number of aliphatic imine (C=N–C) groups is 1. The fourth-order valence-electron chi connectivity index (χ4n) is 2.84. The van der Waals surface area contributed by atoms with Crippen molar-refractivity contribution in [1.29, 1.82) is 0 Å². The quantitative estimate of drug-likeness (QED) is 0.726. The molecule has 0 aliphatic carbocycles. The summed E-state index contributed by atoms with van der Waals surface area (Å²) in [5, 5.41) is 0. The second-order valence-electron chi connectivity index (χ2n) is 5.11. The van der Waals surface area contributed by atoms with Crippen molar-refractivity contribution in [3.8, 4) is 5.69 Å². The van der Waals surface area contributed by atoms with E-state index in [0.29, 0.717) is 0 Å². The Hall–Kier alpha value is -2.65. The predicted octanol–water partition coefficient (Wildman–Crippen LogP) is 3.29. The van der Waals surface area contributed by atoms with E-state index in [1.54, 1.807) is 0 Å². The summed E-state index contributed by atoms with van der Waals surface area (Å²) in [4.78, 5) is 4.77. The maximum atomic E-state index is 6.29. The first-order chi connectivity index (χ1) is 10.3. The molecule has 0 fully saturated rings. The lowest BCUT2D eigenvalue weighted by atomic mass is 10.0. The zero-order valence-electron chi connectivity index (χ0n) is 11.5. The standard InChI is InChI=1S/C18H15N3/c19-18-16-11-6-12-21(16)15-10-5-4-9-14(15)17(20-18)13-7-2-1-3-8-13/h1-12,18H,19H2/t18-/m0/s1. The van der Waals surface area contributed by atoms with Gasteiger partial charge in [-0.3, -0.25) is 4.99 Å². The summed E-state index contributed by atoms with van der Waals surface area (Å²) in [7, 11) is 0. The molecule has 0 spiro atoms. The Labute approximate surface area is 123 Å². The summed E-state index contributed by atoms with van der Waals surface area (Å²) in [6.45, 7) is 0. The molecule has 0 saturated heterocycles. The third-order valence-electron chi connectivity index (χ3n) is 3.82. The topological polar surface area (TPSA) is 43.3 Å². The zero-order chi connectivity index (χ0) is 14.2. The molecule has 1 aliphatic rings. The highest BCUT2D eigenvalue weighted by molar-refractivity contribution is 6.15. The maximum absolute atomic E-state index is 6.29. The number of nitrogens with zero attached hydrogens (tertiary/aromatic N) is 2. The molecule has 0 amide bonds. The van der Waals surface area contributed by atoms with Gasteiger partial charge in [0.15, 0.2) is 0 Å². The van der Waals surface area contributed by atoms with Gasteiger partial charge in [0.25, 0.3) is 0 Å². The molecule has 102 valence electrons. The van der Waals surface area contributed by atoms with E-state index in [1.165, 1.54) is 0 Å². The van der Waals surface area contributed by atoms with Gasteiger partial charge in [-0.1, -0.05) is 48.5 Å². The summed E-state index contributed by atoms with van der Waals surface area (Å²) < 4.78 is 2.12. The minimum absolute atomic E-state index is 0.359. The smallest absolute Gasteiger partial charge is 0.139 e. The summed E-state index contributed by atoms with van der Waals surface area (Å²) in [6, 6.07) is 22.5. The second kappa shape index (κ2) is 4.72. The molecule has 1 atom stereocenters. The van der Waals surface area contributed by atoms with Crippen molar-refractivity contribution in [2.75, 3.05) is 0 Å². The van der Waals surface area contributed by atoms with Crippen LogP contribution in [-0.4, -0.2) is 10.3 Å². The molecule has 2 heterocycles. The molecule has 1 aromatic heterocycles. The molecule has 0 saturated carbocycles. The van der Waals surface area contributed by atoms with Crippen molar-refractivity contribution in [3.05, 3.63) is 89.7 Å². The summed E-state index contributed by atoms with van der Waals surface area (Å²) >= 11 is 0. The van der Waals surface area contributed by atoms with Crippen molar-refractivity contribution in [2.24, 2.45) is 10.7 Å². The van der Waals surface area contributed by atoms with Crippen LogP contribution in [0.5, 0.6) is 0 Å². The normalized spacial score (nSPS) is 16.6. The van der Waals surface area contributed by atoms with Gasteiger partial charge in [0, 0.05) is 17.3 Å². The van der Waals surface area contributed by atoms with E-state index in [-0.39, 0.29) is 6.17 Å². The number of para-hydroxylation sites is 1. The maximum Gasteiger partial charge on any atom is 0.139 e. The number of hydrogen-bond donors (Lipinski definition) is 1. The lowest BCUT2D eigenvalue weighted by molar-refractivity contribution is 0.728. The van der Waals surface area contributed by atoms with E-state index in [9.17, 15) is 0 Å². The number of aromatic nitrogens is 1. The van der Waals surface area contributed by atoms with Crippen LogP contribution in [0, 0.1) is 0 Å². The van der Waals surface area contributed by atoms with Gasteiger partial charge in [0.05, 0.1) is 17.1 Å². The SMILES string of the molecule is N[C@H]1N=C(c2ccccc2)c2ccccc2-n2cccc21. The third kappa shape index (κ3) is 1.90. The first-order valence-corrected chi connectivity index (χ1v) is 7.00. The van der Waals surface area contributed by atoms with Gasteiger partial charge in [-0.25, -0.2) is 0 Å². The van der Waals surface area contributed by atoms with E-state index in [4.69, 9.17) is 10.7 Å². The molecule has 21 heavy (non-hydrogen) atoms. The third-order valence-corrected chi connectivity index (χ3v) is 3.82. The molecular weight excluding hydrogens is 258 g/mol. The van der Waals surface area contributed by atoms with Crippen LogP contribution >= 0.6 is 0 Å². The van der Waals surface area contributed by atoms with Crippen LogP contribution in [0.2, 0.25) is 0 Å². The van der Waals surface area contributed by atoms with Crippen molar-refractivity contribution >= 4 is 5.71 Å². The molecule has 1 aliphatic heterocycles. The van der Waals surface area contributed by atoms with Gasteiger partial charge in [0.1, 0.15) is 6.17 Å². The van der Waals surface area contributed by atoms with Gasteiger partial charge >= 0.3 is 0 Å². The molecule has 2 aromatic carbocycles. The fourth-order valence-corrected chi connectivity index (χ4v) is 2.84. The van der Waals surface area contributed by atoms with E-state index < -0.39 is 0 Å². The van der Waals surface area contributed by atoms with Crippen molar-refractivity contribution in [2.45, 2.75) is 6.17 Å². The molecular formula is C18H15N3. The largest absolute Gasteiger partial charge is 0.317 e. The van der Waals surface area contributed by atoms with E-state index in [2.05, 4.69) is 28.8 Å². The fraction of sp³-hybridized carbons (Fsp3) is 0.0556. The van der Waals surface area contributed by atoms with Crippen molar-refractivity contribution < 1.29 is 0 Å². The van der Waals surface area contributed by atoms with E-state index >= 15 is 0 Å². The van der Waals surface area contributed by atoms with Crippen LogP contribution in [0.3, 0.4) is 0 Å². The molecule has 4 rings (SSSR count). The Morgan fingerprint density at radius 1 is 0.857 bits per heavy atom. The monoisotopic (exact) mass is 273 g/mol. The van der Waals surface area contributed by atoms with Gasteiger partial charge in [-0.15, -0.1) is 0 Å². The zero-order valence-corrected chi connectivity index (χ0v) is 11.5. The Kier molecular flexibility index (Phi) is 2.72. The Morgan fingerprint density at radius 2 is 1.62 bits per heavy atom. The van der Waals surface area contributed by atoms with Crippen molar-refractivity contribution in [1.82, 2.24) is 4.57 Å². The highest BCUT2D eigenvalue weighted by Crippen LogP contribution is 2.28. The molecule has 0 radical (unpaired) electrons. The van der Waals surface area contributed by atoms with E-state index in [0.717, 1.165) is 28.2 Å². The van der Waals surface area contributed by atoms with Gasteiger partial charge in [0.2, 0.25) is 0 Å². The highest BCUT2D eigenvalue weighted by Gasteiger charge is 2.21. The van der Waals surface area contributed by atoms with Crippen LogP contribution in [-0.2, 0) is 0 Å². The highest BCUT2D eigenvalue weighted by atomic mass is 15.1. The minimum Gasteiger partial charge on any atom is -0.317 e. The molecule has 3 nitrogen and oxygen atoms in total. The number of fused-ring (bicyclic) bond motifs is 3. The summed E-state index contributed by atoms with van der Waals surface area (Å²) in [6.07, 6.45) is 1.68. The Morgan fingerprint density at radius 3 is 2.48 bits per heavy atom. The Bertz CT molecular complexity index is 815. The molecule has 0 unspecified atom stereocenters. The number of benzene rings is 2. The summed E-state index contributed by atoms with van der Waals surface area (Å²) in [5.41, 5.74) is 11.6. The molecule has 0 bridgehead atoms. The summed E-state index contributed by atoms with van der Waals surface area (Å²) in [5.74, 6) is 0. The lowest BCUT2D eigenvalue weighted by Gasteiger charge is -2.11. The molecule has 3 aromatic rings. The predicted molar refractivity (Wildman–Crippen MR) is 84.8 cm³/mol. The Balaban J connectivity index is 2.02. The van der Waals surface area contributed by atoms with Gasteiger partial charge in [-0.05, 0) is 18.2 Å². The van der Waals surface area contributed by atoms with Gasteiger partial charge < -0.3 is 10.3 Å². The van der Waals surface area contributed by atoms with Crippen LogP contribution in [0.1, 0.15) is 23.0 Å². The lowest BCUT2D eigenvalue weighted by Crippen LogP contribution is -2.11. The molecule has 2 N–H and O–H groups in total. The number of nitrogens with two attached hydrogens (primary N) is 1. The van der Waals surface area contributed by atoms with Gasteiger partial charge in [-0.2, -0.15) is 0 Å². The first kappa shape index (κ1) is 12.1. The van der Waals surface area contributed by atoms with Crippen LogP contribution in [0.4, 0.5) is 0 Å². The number of rotatable bonds is 1. The first-order valence-electron chi connectivity index (χ1n) is 7.00. The second-order valence-corrected chi connectivity index (χ2v) is 5.11. The van der Waals surface area contributed by atoms with Crippen LogP contribution < -0.4 is 5.73 Å². The average Bonchev–Trinajstić information content (AvgIpc) is 2.99. The minimum atomic E-state index is -0.359. The average molecular weight is 273 g/mol. The van der Waals surface area contributed by atoms with E-state index in [1.807, 2.05) is 48.7 Å². The molecule has 3 heteroatoms. The number of hydrogen-bond acceptors (Lipinski definition) is 2.